The number of ether oxygens (including phenoxy) is 4. The maximum absolute atomic E-state index is 13.1. The second-order valence-electron chi connectivity index (χ2n) is 6.73. The molecule has 0 spiro atoms. The summed E-state index contributed by atoms with van der Waals surface area (Å²) in [6.07, 6.45) is -0.836. The first-order valence-electron chi connectivity index (χ1n) is 9.17. The minimum absolute atomic E-state index is 0. The van der Waals surface area contributed by atoms with Gasteiger partial charge in [0.2, 0.25) is 0 Å². The number of carbonyl (C=O) groups is 1. The normalized spacial score (nSPS) is 13.1. The van der Waals surface area contributed by atoms with Gasteiger partial charge in [-0.25, -0.2) is 0 Å². The molecule has 0 saturated heterocycles. The summed E-state index contributed by atoms with van der Waals surface area (Å²) >= 11 is 0. The van der Waals surface area contributed by atoms with Gasteiger partial charge in [-0.15, -0.1) is 0 Å². The van der Waals surface area contributed by atoms with Crippen LogP contribution in [0.1, 0.15) is 42.3 Å². The van der Waals surface area contributed by atoms with E-state index in [1.165, 1.54) is 0 Å². The Labute approximate surface area is 188 Å². The summed E-state index contributed by atoms with van der Waals surface area (Å²) < 4.78 is 21.9. The Morgan fingerprint density at radius 2 is 1.48 bits per heavy atom. The predicted molar refractivity (Wildman–Crippen MR) is 115 cm³/mol. The van der Waals surface area contributed by atoms with Crippen LogP contribution in [0, 0.1) is 20.8 Å². The summed E-state index contributed by atoms with van der Waals surface area (Å²) in [6, 6.07) is 9.54. The Hall–Kier alpha value is -1.34. The number of hydrogen-bond acceptors (Lipinski definition) is 5. The van der Waals surface area contributed by atoms with Gasteiger partial charge in [-0.05, 0) is 66.5 Å². The van der Waals surface area contributed by atoms with E-state index in [9.17, 15) is 4.79 Å². The predicted octanol–water partition coefficient (Wildman–Crippen LogP) is 1.61. The standard InChI is InChI=1S/C22H29O5P.Li.H/c1-13-10-14(2)21(15(3)11-13)22(23)28-20-9-8-18(26-16(4)24-6)12-19(20)27-17(5)25-7;;/h8-12,16-17,28H,1-7H3;;/q;+1;-1. The molecule has 0 fully saturated rings. The first-order valence-corrected chi connectivity index (χ1v) is 10.2. The van der Waals surface area contributed by atoms with Gasteiger partial charge in [-0.2, -0.15) is 0 Å². The minimum Gasteiger partial charge on any atom is -1.00 e. The maximum atomic E-state index is 13.1. The molecule has 0 amide bonds. The topological polar surface area (TPSA) is 54.0 Å². The molecule has 0 aromatic heterocycles. The molecule has 7 heteroatoms. The van der Waals surface area contributed by atoms with Gasteiger partial charge in [0.25, 0.3) is 0 Å². The van der Waals surface area contributed by atoms with Crippen molar-refractivity contribution in [2.75, 3.05) is 14.2 Å². The van der Waals surface area contributed by atoms with E-state index in [1.807, 2.05) is 45.0 Å². The average molecular weight is 412 g/mol. The van der Waals surface area contributed by atoms with Crippen molar-refractivity contribution in [2.45, 2.75) is 47.2 Å². The van der Waals surface area contributed by atoms with Gasteiger partial charge in [0.15, 0.2) is 18.1 Å². The van der Waals surface area contributed by atoms with Crippen molar-refractivity contribution < 1.29 is 44.0 Å². The van der Waals surface area contributed by atoms with Crippen molar-refractivity contribution in [3.05, 3.63) is 52.6 Å². The van der Waals surface area contributed by atoms with Crippen LogP contribution in [0.3, 0.4) is 0 Å². The van der Waals surface area contributed by atoms with E-state index in [0.29, 0.717) is 11.5 Å². The number of methoxy groups -OCH3 is 2. The third-order valence-corrected chi connectivity index (χ3v) is 5.52. The van der Waals surface area contributed by atoms with E-state index in [2.05, 4.69) is 0 Å². The molecule has 2 aromatic rings. The van der Waals surface area contributed by atoms with Gasteiger partial charge < -0.3 is 20.4 Å². The molecule has 29 heavy (non-hydrogen) atoms. The Bertz CT molecular complexity index is 823. The first-order chi connectivity index (χ1) is 13.2. The molecule has 2 aromatic carbocycles. The molecule has 0 N–H and O–H groups in total. The molecule has 0 bridgehead atoms. The summed E-state index contributed by atoms with van der Waals surface area (Å²) in [5.74, 6) is 1.18. The molecule has 5 nitrogen and oxygen atoms in total. The van der Waals surface area contributed by atoms with Crippen LogP contribution >= 0.6 is 8.58 Å². The summed E-state index contributed by atoms with van der Waals surface area (Å²) in [4.78, 5) is 13.1. The van der Waals surface area contributed by atoms with E-state index in [0.717, 1.165) is 27.6 Å². The second kappa shape index (κ2) is 11.7. The van der Waals surface area contributed by atoms with Crippen molar-refractivity contribution in [1.29, 1.82) is 0 Å². The van der Waals surface area contributed by atoms with E-state index < -0.39 is 6.29 Å². The summed E-state index contributed by atoms with van der Waals surface area (Å²) in [5, 5.41) is 0.811. The molecule has 0 heterocycles. The van der Waals surface area contributed by atoms with Crippen molar-refractivity contribution in [1.82, 2.24) is 0 Å². The third kappa shape index (κ3) is 7.14. The summed E-state index contributed by atoms with van der Waals surface area (Å²) in [6.45, 7) is 9.60. The molecule has 0 aliphatic heterocycles. The van der Waals surface area contributed by atoms with Crippen molar-refractivity contribution in [2.24, 2.45) is 0 Å². The molecular weight excluding hydrogens is 382 g/mol. The van der Waals surface area contributed by atoms with Crippen molar-refractivity contribution >= 4 is 19.4 Å². The molecule has 0 aliphatic rings. The molecule has 0 saturated carbocycles. The minimum atomic E-state index is -0.448. The van der Waals surface area contributed by atoms with Gasteiger partial charge >= 0.3 is 18.9 Å². The first kappa shape index (κ1) is 25.7. The van der Waals surface area contributed by atoms with Crippen LogP contribution in [-0.4, -0.2) is 32.3 Å². The Morgan fingerprint density at radius 3 is 2.03 bits per heavy atom. The van der Waals surface area contributed by atoms with Crippen molar-refractivity contribution in [3.63, 3.8) is 0 Å². The van der Waals surface area contributed by atoms with E-state index in [-0.39, 0.29) is 40.7 Å². The largest absolute Gasteiger partial charge is 1.00 e. The molecule has 3 atom stereocenters. The van der Waals surface area contributed by atoms with Gasteiger partial charge in [0.1, 0.15) is 11.5 Å². The monoisotopic (exact) mass is 412 g/mol. The van der Waals surface area contributed by atoms with Crippen LogP contribution < -0.4 is 33.6 Å². The number of hydrogen-bond donors (Lipinski definition) is 0. The fourth-order valence-corrected chi connectivity index (χ4v) is 4.15. The summed E-state index contributed by atoms with van der Waals surface area (Å²) in [5.41, 5.74) is 4.02. The van der Waals surface area contributed by atoms with Crippen LogP contribution in [0.2, 0.25) is 0 Å². The molecule has 154 valence electrons. The Morgan fingerprint density at radius 1 is 0.931 bits per heavy atom. The Kier molecular flexibility index (Phi) is 10.4. The number of carbonyl (C=O) groups excluding carboxylic acids is 1. The second-order valence-corrected chi connectivity index (χ2v) is 7.97. The Balaban J connectivity index is 0.00000420. The van der Waals surface area contributed by atoms with Crippen molar-refractivity contribution in [3.8, 4) is 11.5 Å². The van der Waals surface area contributed by atoms with E-state index >= 15 is 0 Å². The number of rotatable bonds is 9. The third-order valence-electron chi connectivity index (χ3n) is 4.36. The van der Waals surface area contributed by atoms with Crippen LogP contribution in [0.25, 0.3) is 0 Å². The quantitative estimate of drug-likeness (QED) is 0.356. The number of benzene rings is 2. The smallest absolute Gasteiger partial charge is 1.00 e. The van der Waals surface area contributed by atoms with Gasteiger partial charge in [-0.1, -0.05) is 17.7 Å². The zero-order valence-electron chi connectivity index (χ0n) is 19.6. The van der Waals surface area contributed by atoms with Gasteiger partial charge in [-0.3, -0.25) is 4.79 Å². The average Bonchev–Trinajstić information content (AvgIpc) is 2.62. The van der Waals surface area contributed by atoms with E-state index in [4.69, 9.17) is 18.9 Å². The van der Waals surface area contributed by atoms with Crippen LogP contribution in [0.5, 0.6) is 11.5 Å². The van der Waals surface area contributed by atoms with Crippen LogP contribution in [0.15, 0.2) is 30.3 Å². The van der Waals surface area contributed by atoms with Crippen LogP contribution in [-0.2, 0) is 9.47 Å². The zero-order valence-corrected chi connectivity index (χ0v) is 19.6. The fraction of sp³-hybridized carbons (Fsp3) is 0.409. The SMILES string of the molecule is COC(C)Oc1ccc(PC(=O)c2c(C)cc(C)cc2C)c(OC(C)OC)c1.[H-].[Li+]. The van der Waals surface area contributed by atoms with Gasteiger partial charge in [0, 0.05) is 31.2 Å². The molecule has 2 rings (SSSR count). The molecule has 0 radical (unpaired) electrons. The summed E-state index contributed by atoms with van der Waals surface area (Å²) in [7, 11) is 3.08. The van der Waals surface area contributed by atoms with Crippen LogP contribution in [0.4, 0.5) is 0 Å². The maximum Gasteiger partial charge on any atom is 1.00 e. The number of aryl methyl sites for hydroxylation is 3. The zero-order chi connectivity index (χ0) is 20.8. The van der Waals surface area contributed by atoms with E-state index in [1.54, 1.807) is 34.1 Å². The fourth-order valence-electron chi connectivity index (χ4n) is 2.97. The molecule has 3 unspecified atom stereocenters. The van der Waals surface area contributed by atoms with Gasteiger partial charge in [0.05, 0.1) is 0 Å². The molecular formula is C22H30LiO5P. The molecule has 0 aliphatic carbocycles.